The van der Waals surface area contributed by atoms with E-state index in [0.717, 1.165) is 36.3 Å². The standard InChI is InChI=1S/C18H36N2/c1-5-19-18-11-14(3)10-15(4)17(18)13-20(6-2)12-16-8-7-9-16/h14-19H,5-13H2,1-4H3. The van der Waals surface area contributed by atoms with Crippen molar-refractivity contribution in [2.75, 3.05) is 26.2 Å². The van der Waals surface area contributed by atoms with Crippen LogP contribution in [0, 0.1) is 23.7 Å². The van der Waals surface area contributed by atoms with E-state index >= 15 is 0 Å². The molecule has 2 rings (SSSR count). The highest BCUT2D eigenvalue weighted by Crippen LogP contribution is 2.35. The second-order valence-corrected chi connectivity index (χ2v) is 7.53. The summed E-state index contributed by atoms with van der Waals surface area (Å²) in [6, 6.07) is 0.745. The lowest BCUT2D eigenvalue weighted by atomic mass is 9.72. The highest BCUT2D eigenvalue weighted by Gasteiger charge is 2.34. The third kappa shape index (κ3) is 4.21. The molecule has 0 aliphatic heterocycles. The molecule has 4 unspecified atom stereocenters. The number of nitrogens with one attached hydrogen (secondary N) is 1. The maximum Gasteiger partial charge on any atom is 0.0112 e. The van der Waals surface area contributed by atoms with Gasteiger partial charge in [-0.2, -0.15) is 0 Å². The summed E-state index contributed by atoms with van der Waals surface area (Å²) in [6.07, 6.45) is 7.23. The van der Waals surface area contributed by atoms with E-state index in [2.05, 4.69) is 37.9 Å². The Balaban J connectivity index is 1.91. The van der Waals surface area contributed by atoms with Gasteiger partial charge in [0, 0.05) is 19.1 Å². The van der Waals surface area contributed by atoms with Crippen LogP contribution in [-0.4, -0.2) is 37.1 Å². The number of hydrogen-bond acceptors (Lipinski definition) is 2. The van der Waals surface area contributed by atoms with E-state index in [1.165, 1.54) is 51.7 Å². The van der Waals surface area contributed by atoms with E-state index < -0.39 is 0 Å². The van der Waals surface area contributed by atoms with Gasteiger partial charge in [0.1, 0.15) is 0 Å². The zero-order valence-electron chi connectivity index (χ0n) is 14.2. The van der Waals surface area contributed by atoms with Crippen molar-refractivity contribution in [1.29, 1.82) is 0 Å². The summed E-state index contributed by atoms with van der Waals surface area (Å²) < 4.78 is 0. The predicted octanol–water partition coefficient (Wildman–Crippen LogP) is 3.77. The summed E-state index contributed by atoms with van der Waals surface area (Å²) in [5, 5.41) is 3.78. The van der Waals surface area contributed by atoms with E-state index in [-0.39, 0.29) is 0 Å². The second-order valence-electron chi connectivity index (χ2n) is 7.53. The minimum Gasteiger partial charge on any atom is -0.314 e. The first-order chi connectivity index (χ1) is 9.63. The van der Waals surface area contributed by atoms with Gasteiger partial charge in [-0.05, 0) is 62.4 Å². The molecule has 2 fully saturated rings. The van der Waals surface area contributed by atoms with Crippen molar-refractivity contribution in [2.24, 2.45) is 23.7 Å². The van der Waals surface area contributed by atoms with Crippen LogP contribution in [0.25, 0.3) is 0 Å². The minimum atomic E-state index is 0.745. The van der Waals surface area contributed by atoms with E-state index in [1.54, 1.807) is 0 Å². The fourth-order valence-electron chi connectivity index (χ4n) is 4.39. The first kappa shape index (κ1) is 16.3. The molecule has 118 valence electrons. The van der Waals surface area contributed by atoms with Gasteiger partial charge in [-0.15, -0.1) is 0 Å². The van der Waals surface area contributed by atoms with Gasteiger partial charge in [0.2, 0.25) is 0 Å². The number of hydrogen-bond donors (Lipinski definition) is 1. The van der Waals surface area contributed by atoms with E-state index in [9.17, 15) is 0 Å². The average Bonchev–Trinajstić information content (AvgIpc) is 2.35. The van der Waals surface area contributed by atoms with E-state index in [0.29, 0.717) is 0 Å². The fraction of sp³-hybridized carbons (Fsp3) is 1.00. The van der Waals surface area contributed by atoms with Crippen LogP contribution in [0.2, 0.25) is 0 Å². The van der Waals surface area contributed by atoms with Crippen molar-refractivity contribution in [1.82, 2.24) is 10.2 Å². The molecule has 1 N–H and O–H groups in total. The van der Waals surface area contributed by atoms with E-state index in [4.69, 9.17) is 0 Å². The maximum atomic E-state index is 3.78. The first-order valence-corrected chi connectivity index (χ1v) is 9.09. The largest absolute Gasteiger partial charge is 0.314 e. The molecule has 0 bridgehead atoms. The van der Waals surface area contributed by atoms with Crippen LogP contribution in [0.1, 0.15) is 59.8 Å². The van der Waals surface area contributed by atoms with Crippen LogP contribution in [0.4, 0.5) is 0 Å². The average molecular weight is 280 g/mol. The Bertz CT molecular complexity index is 275. The quantitative estimate of drug-likeness (QED) is 0.763. The molecule has 2 saturated carbocycles. The van der Waals surface area contributed by atoms with Gasteiger partial charge in [-0.3, -0.25) is 0 Å². The van der Waals surface area contributed by atoms with Crippen LogP contribution in [0.15, 0.2) is 0 Å². The summed E-state index contributed by atoms with van der Waals surface area (Å²) in [7, 11) is 0. The lowest BCUT2D eigenvalue weighted by Crippen LogP contribution is -2.49. The Kier molecular flexibility index (Phi) is 6.35. The second kappa shape index (κ2) is 7.79. The third-order valence-electron chi connectivity index (χ3n) is 5.80. The summed E-state index contributed by atoms with van der Waals surface area (Å²) in [5.41, 5.74) is 0. The SMILES string of the molecule is CCNC1CC(C)CC(C)C1CN(CC)CC1CCC1. The molecule has 0 spiro atoms. The molecule has 0 aromatic rings. The molecule has 2 nitrogen and oxygen atoms in total. The molecule has 2 heteroatoms. The van der Waals surface area contributed by atoms with E-state index in [1.807, 2.05) is 0 Å². The van der Waals surface area contributed by atoms with Gasteiger partial charge in [-0.25, -0.2) is 0 Å². The Labute approximate surface area is 126 Å². The normalized spacial score (nSPS) is 35.2. The van der Waals surface area contributed by atoms with Crippen LogP contribution >= 0.6 is 0 Å². The number of nitrogens with zero attached hydrogens (tertiary/aromatic N) is 1. The number of rotatable bonds is 7. The molecular formula is C18H36N2. The van der Waals surface area contributed by atoms with Gasteiger partial charge in [-0.1, -0.05) is 34.1 Å². The topological polar surface area (TPSA) is 15.3 Å². The monoisotopic (exact) mass is 280 g/mol. The Morgan fingerprint density at radius 3 is 2.35 bits per heavy atom. The van der Waals surface area contributed by atoms with Crippen molar-refractivity contribution in [3.05, 3.63) is 0 Å². The molecule has 2 aliphatic rings. The van der Waals surface area contributed by atoms with Crippen molar-refractivity contribution in [3.8, 4) is 0 Å². The third-order valence-corrected chi connectivity index (χ3v) is 5.80. The fourth-order valence-corrected chi connectivity index (χ4v) is 4.39. The van der Waals surface area contributed by atoms with Crippen LogP contribution in [-0.2, 0) is 0 Å². The molecule has 0 radical (unpaired) electrons. The molecule has 20 heavy (non-hydrogen) atoms. The summed E-state index contributed by atoms with van der Waals surface area (Å²) >= 11 is 0. The Morgan fingerprint density at radius 1 is 1.05 bits per heavy atom. The maximum absolute atomic E-state index is 3.78. The van der Waals surface area contributed by atoms with Gasteiger partial charge in [0.15, 0.2) is 0 Å². The molecular weight excluding hydrogens is 244 g/mol. The smallest absolute Gasteiger partial charge is 0.0112 e. The molecule has 0 aromatic carbocycles. The Hall–Kier alpha value is -0.0800. The lowest BCUT2D eigenvalue weighted by Gasteiger charge is -2.43. The van der Waals surface area contributed by atoms with Gasteiger partial charge < -0.3 is 10.2 Å². The molecule has 0 amide bonds. The zero-order valence-corrected chi connectivity index (χ0v) is 14.2. The molecule has 0 saturated heterocycles. The zero-order chi connectivity index (χ0) is 14.5. The Morgan fingerprint density at radius 2 is 1.80 bits per heavy atom. The highest BCUT2D eigenvalue weighted by molar-refractivity contribution is 4.89. The van der Waals surface area contributed by atoms with Gasteiger partial charge >= 0.3 is 0 Å². The van der Waals surface area contributed by atoms with Crippen molar-refractivity contribution >= 4 is 0 Å². The minimum absolute atomic E-state index is 0.745. The highest BCUT2D eigenvalue weighted by atomic mass is 15.1. The summed E-state index contributed by atoms with van der Waals surface area (Å²) in [6.45, 7) is 14.5. The van der Waals surface area contributed by atoms with Crippen LogP contribution in [0.5, 0.6) is 0 Å². The molecule has 4 atom stereocenters. The van der Waals surface area contributed by atoms with Crippen LogP contribution in [0.3, 0.4) is 0 Å². The van der Waals surface area contributed by atoms with Crippen molar-refractivity contribution < 1.29 is 0 Å². The van der Waals surface area contributed by atoms with Gasteiger partial charge in [0.05, 0.1) is 0 Å². The molecule has 0 aromatic heterocycles. The summed E-state index contributed by atoms with van der Waals surface area (Å²) in [4.78, 5) is 2.74. The molecule has 2 aliphatic carbocycles. The van der Waals surface area contributed by atoms with Crippen molar-refractivity contribution in [3.63, 3.8) is 0 Å². The predicted molar refractivity (Wildman–Crippen MR) is 88.0 cm³/mol. The van der Waals surface area contributed by atoms with Gasteiger partial charge in [0.25, 0.3) is 0 Å². The lowest BCUT2D eigenvalue weighted by molar-refractivity contribution is 0.0868. The molecule has 0 heterocycles. The van der Waals surface area contributed by atoms with Crippen LogP contribution < -0.4 is 5.32 Å². The summed E-state index contributed by atoms with van der Waals surface area (Å²) in [5.74, 6) is 3.63. The van der Waals surface area contributed by atoms with Crippen molar-refractivity contribution in [2.45, 2.75) is 65.8 Å². The first-order valence-electron chi connectivity index (χ1n) is 9.09.